The van der Waals surface area contributed by atoms with Crippen LogP contribution in [0.3, 0.4) is 0 Å². The fourth-order valence-corrected chi connectivity index (χ4v) is 9.12. The molecule has 4 saturated heterocycles. The molecule has 14 nitrogen and oxygen atoms in total. The third-order valence-electron chi connectivity index (χ3n) is 12.7. The van der Waals surface area contributed by atoms with Crippen molar-refractivity contribution in [2.75, 3.05) is 49.2 Å². The lowest BCUT2D eigenvalue weighted by Gasteiger charge is -2.34. The predicted molar refractivity (Wildman–Crippen MR) is 255 cm³/mol. The first kappa shape index (κ1) is 45.5. The van der Waals surface area contributed by atoms with Crippen LogP contribution in [0.1, 0.15) is 62.5 Å². The van der Waals surface area contributed by atoms with Crippen LogP contribution >= 0.6 is 12.4 Å². The maximum Gasteiger partial charge on any atom is 0.249 e. The summed E-state index contributed by atoms with van der Waals surface area (Å²) in [6.45, 7) is 8.60. The number of nitrogens with one attached hydrogen (secondary N) is 2. The van der Waals surface area contributed by atoms with Gasteiger partial charge in [-0.2, -0.15) is 0 Å². The van der Waals surface area contributed by atoms with Gasteiger partial charge < -0.3 is 40.1 Å². The average molecular weight is 902 g/mol. The lowest BCUT2D eigenvalue weighted by Crippen LogP contribution is -2.47. The van der Waals surface area contributed by atoms with E-state index in [4.69, 9.17) is 29.4 Å². The molecular weight excluding hydrogens is 844 g/mol. The number of hydrogen-bond donors (Lipinski definition) is 4. The molecule has 2 atom stereocenters. The van der Waals surface area contributed by atoms with Crippen molar-refractivity contribution in [3.63, 3.8) is 0 Å². The first-order valence-corrected chi connectivity index (χ1v) is 22.6. The zero-order chi connectivity index (χ0) is 44.2. The molecule has 4 aromatic carbocycles. The molecule has 0 radical (unpaired) electrons. The van der Waals surface area contributed by atoms with Crippen molar-refractivity contribution in [1.82, 2.24) is 30.6 Å². The molecule has 0 unspecified atom stereocenters. The zero-order valence-corrected chi connectivity index (χ0v) is 37.7. The Bertz CT molecular complexity index is 2460. The van der Waals surface area contributed by atoms with Gasteiger partial charge in [0.1, 0.15) is 35.3 Å². The van der Waals surface area contributed by atoms with E-state index in [0.717, 1.165) is 122 Å². The third kappa shape index (κ3) is 10.4. The standard InChI is InChI=1S/2C25H28N4O3.ClH/c2*1-16-8-9-18-20(15-16)27-23(19-5-2-3-6-21(19)30)28-24(18)29-12-10-17(11-13-29)26-25(31)22-7-4-14-32-22;/h2*2-3,5-6,8-9,15,17,22,30H,4,7,10-14H2,1H3,(H,26,31);1H/t2*22-;/m11./s1. The summed E-state index contributed by atoms with van der Waals surface area (Å²) in [6, 6.07) is 27.0. The summed E-state index contributed by atoms with van der Waals surface area (Å²) in [5.41, 5.74) is 5.22. The van der Waals surface area contributed by atoms with Crippen LogP contribution in [0.4, 0.5) is 11.6 Å². The Kier molecular flexibility index (Phi) is 14.3. The number of carbonyl (C=O) groups is 2. The van der Waals surface area contributed by atoms with Gasteiger partial charge in [0.2, 0.25) is 11.8 Å². The first-order chi connectivity index (χ1) is 31.2. The summed E-state index contributed by atoms with van der Waals surface area (Å²) in [5, 5.41) is 29.0. The number of hydrogen-bond acceptors (Lipinski definition) is 12. The Morgan fingerprint density at radius 3 is 1.34 bits per heavy atom. The molecule has 4 N–H and O–H groups in total. The SMILES string of the molecule is Cc1ccc2c(N3CCC(NC(=O)[C@H]4CCCO4)CC3)nc(-c3ccccc3O)nc2c1.Cc1ccc2c(N3CCC(NC(=O)[C@H]4CCCO4)CC3)nc(-c3ccccc3O)nc2c1.Cl. The fraction of sp³-hybridized carbons (Fsp3) is 0.400. The Morgan fingerprint density at radius 1 is 0.569 bits per heavy atom. The van der Waals surface area contributed by atoms with Crippen LogP contribution < -0.4 is 20.4 Å². The number of amides is 2. The van der Waals surface area contributed by atoms with E-state index in [-0.39, 0.29) is 60.0 Å². The second kappa shape index (κ2) is 20.4. The highest BCUT2D eigenvalue weighted by Gasteiger charge is 2.30. The Hall–Kier alpha value is -6.09. The molecular formula is C50H57ClN8O6. The van der Waals surface area contributed by atoms with Crippen molar-refractivity contribution >= 4 is 57.7 Å². The number of benzene rings is 4. The number of nitrogens with zero attached hydrogens (tertiary/aromatic N) is 6. The molecule has 65 heavy (non-hydrogen) atoms. The average Bonchev–Trinajstić information content (AvgIpc) is 4.06. The van der Waals surface area contributed by atoms with Crippen LogP contribution in [0.25, 0.3) is 44.6 Å². The maximum atomic E-state index is 12.4. The summed E-state index contributed by atoms with van der Waals surface area (Å²) >= 11 is 0. The Morgan fingerprint density at radius 2 is 0.969 bits per heavy atom. The number of piperidine rings is 2. The first-order valence-electron chi connectivity index (χ1n) is 22.6. The third-order valence-corrected chi connectivity index (χ3v) is 12.7. The van der Waals surface area contributed by atoms with Gasteiger partial charge in [0, 0.05) is 62.2 Å². The molecule has 0 aliphatic carbocycles. The van der Waals surface area contributed by atoms with Gasteiger partial charge in [-0.3, -0.25) is 9.59 Å². The predicted octanol–water partition coefficient (Wildman–Crippen LogP) is 7.57. The second-order valence-electron chi connectivity index (χ2n) is 17.4. The zero-order valence-electron chi connectivity index (χ0n) is 36.9. The van der Waals surface area contributed by atoms with Crippen molar-refractivity contribution in [2.45, 2.75) is 89.5 Å². The van der Waals surface area contributed by atoms with Crippen LogP contribution in [-0.4, -0.2) is 106 Å². The van der Waals surface area contributed by atoms with E-state index in [2.05, 4.69) is 56.8 Å². The topological polar surface area (TPSA) is 175 Å². The van der Waals surface area contributed by atoms with E-state index in [9.17, 15) is 19.8 Å². The normalized spacial score (nSPS) is 19.1. The molecule has 6 heterocycles. The summed E-state index contributed by atoms with van der Waals surface area (Å²) in [4.78, 5) is 48.6. The molecule has 15 heteroatoms. The molecule has 10 rings (SSSR count). The lowest BCUT2D eigenvalue weighted by atomic mass is 10.0. The number of para-hydroxylation sites is 2. The molecule has 0 saturated carbocycles. The highest BCUT2D eigenvalue weighted by molar-refractivity contribution is 5.93. The van der Waals surface area contributed by atoms with Crippen LogP contribution in [0.5, 0.6) is 11.5 Å². The van der Waals surface area contributed by atoms with E-state index >= 15 is 0 Å². The van der Waals surface area contributed by atoms with Gasteiger partial charge >= 0.3 is 0 Å². The summed E-state index contributed by atoms with van der Waals surface area (Å²) in [7, 11) is 0. The molecule has 4 fully saturated rings. The van der Waals surface area contributed by atoms with E-state index in [1.54, 1.807) is 24.3 Å². The highest BCUT2D eigenvalue weighted by Crippen LogP contribution is 2.35. The van der Waals surface area contributed by atoms with Gasteiger partial charge in [-0.1, -0.05) is 36.4 Å². The van der Waals surface area contributed by atoms with Crippen molar-refractivity contribution in [3.8, 4) is 34.3 Å². The van der Waals surface area contributed by atoms with Crippen molar-refractivity contribution in [3.05, 3.63) is 96.1 Å². The highest BCUT2D eigenvalue weighted by atomic mass is 35.5. The van der Waals surface area contributed by atoms with E-state index in [1.165, 1.54) is 0 Å². The number of phenolic OH excluding ortho intramolecular Hbond substituents is 2. The number of carbonyl (C=O) groups excluding carboxylic acids is 2. The Balaban J connectivity index is 0.000000175. The van der Waals surface area contributed by atoms with E-state index in [0.29, 0.717) is 36.0 Å². The van der Waals surface area contributed by atoms with Gasteiger partial charge in [-0.25, -0.2) is 19.9 Å². The largest absolute Gasteiger partial charge is 0.507 e. The van der Waals surface area contributed by atoms with Gasteiger partial charge in [-0.15, -0.1) is 12.4 Å². The summed E-state index contributed by atoms with van der Waals surface area (Å²) in [5.74, 6) is 3.16. The molecule has 0 spiro atoms. The minimum atomic E-state index is -0.289. The van der Waals surface area contributed by atoms with E-state index < -0.39 is 0 Å². The number of anilines is 2. The molecule has 4 aliphatic rings. The number of ether oxygens (including phenoxy) is 2. The van der Waals surface area contributed by atoms with Gasteiger partial charge in [0.15, 0.2) is 11.6 Å². The smallest absolute Gasteiger partial charge is 0.249 e. The van der Waals surface area contributed by atoms with Gasteiger partial charge in [0.05, 0.1) is 22.2 Å². The number of phenols is 2. The Labute approximate surface area is 385 Å². The maximum absolute atomic E-state index is 12.4. The lowest BCUT2D eigenvalue weighted by molar-refractivity contribution is -0.131. The minimum Gasteiger partial charge on any atom is -0.507 e. The fourth-order valence-electron chi connectivity index (χ4n) is 9.12. The summed E-state index contributed by atoms with van der Waals surface area (Å²) in [6.07, 6.45) is 6.35. The van der Waals surface area contributed by atoms with Gasteiger partial charge in [0.25, 0.3) is 0 Å². The molecule has 0 bridgehead atoms. The second-order valence-corrected chi connectivity index (χ2v) is 17.4. The summed E-state index contributed by atoms with van der Waals surface area (Å²) < 4.78 is 11.0. The molecule has 2 amide bonds. The molecule has 340 valence electrons. The molecule has 6 aromatic rings. The van der Waals surface area contributed by atoms with E-state index in [1.807, 2.05) is 38.1 Å². The number of halogens is 1. The number of aryl methyl sites for hydroxylation is 2. The van der Waals surface area contributed by atoms with Crippen LogP contribution in [0, 0.1) is 13.8 Å². The van der Waals surface area contributed by atoms with Crippen LogP contribution in [0.15, 0.2) is 84.9 Å². The van der Waals surface area contributed by atoms with Crippen molar-refractivity contribution in [2.24, 2.45) is 0 Å². The molecule has 4 aliphatic heterocycles. The number of fused-ring (bicyclic) bond motifs is 2. The monoisotopic (exact) mass is 900 g/mol. The number of aromatic nitrogens is 4. The van der Waals surface area contributed by atoms with Crippen LogP contribution in [0.2, 0.25) is 0 Å². The molecule has 2 aromatic heterocycles. The van der Waals surface area contributed by atoms with Crippen LogP contribution in [-0.2, 0) is 19.1 Å². The minimum absolute atomic E-state index is 0. The van der Waals surface area contributed by atoms with Crippen molar-refractivity contribution < 1.29 is 29.3 Å². The quantitative estimate of drug-likeness (QED) is 0.118. The van der Waals surface area contributed by atoms with Crippen molar-refractivity contribution in [1.29, 1.82) is 0 Å². The number of aromatic hydroxyl groups is 2. The van der Waals surface area contributed by atoms with Gasteiger partial charge in [-0.05, 0) is 125 Å². The number of rotatable bonds is 8.